The van der Waals surface area contributed by atoms with Gasteiger partial charge in [0, 0.05) is 20.1 Å². The molecule has 0 bridgehead atoms. The Labute approximate surface area is 117 Å². The van der Waals surface area contributed by atoms with E-state index in [1.54, 1.807) is 24.1 Å². The van der Waals surface area contributed by atoms with Crippen LogP contribution in [0.3, 0.4) is 0 Å². The highest BCUT2D eigenvalue weighted by Crippen LogP contribution is 2.20. The molecule has 2 rings (SSSR count). The molecule has 1 aromatic rings. The number of hydrogen-bond acceptors (Lipinski definition) is 4. The molecule has 1 aliphatic heterocycles. The van der Waals surface area contributed by atoms with Crippen molar-refractivity contribution in [3.05, 3.63) is 22.8 Å². The highest BCUT2D eigenvalue weighted by atomic mass is 35.5. The van der Waals surface area contributed by atoms with E-state index in [0.717, 1.165) is 0 Å². The van der Waals surface area contributed by atoms with E-state index in [4.69, 9.17) is 16.3 Å². The SMILES string of the molecule is CNc1ccc(Cl)c(C(=O)N2CC(C)OC(C)C2)n1. The molecule has 1 aromatic heterocycles. The van der Waals surface area contributed by atoms with E-state index in [2.05, 4.69) is 10.3 Å². The van der Waals surface area contributed by atoms with Gasteiger partial charge in [-0.1, -0.05) is 11.6 Å². The predicted octanol–water partition coefficient (Wildman–Crippen LogP) is 2.03. The van der Waals surface area contributed by atoms with Gasteiger partial charge in [-0.15, -0.1) is 0 Å². The summed E-state index contributed by atoms with van der Waals surface area (Å²) in [5, 5.41) is 3.28. The van der Waals surface area contributed by atoms with Gasteiger partial charge in [0.1, 0.15) is 11.5 Å². The summed E-state index contributed by atoms with van der Waals surface area (Å²) in [6, 6.07) is 3.42. The van der Waals surface area contributed by atoms with Crippen molar-refractivity contribution in [1.82, 2.24) is 9.88 Å². The Kier molecular flexibility index (Phi) is 4.27. The Morgan fingerprint density at radius 1 is 1.42 bits per heavy atom. The normalized spacial score (nSPS) is 23.3. The molecule has 6 heteroatoms. The summed E-state index contributed by atoms with van der Waals surface area (Å²) in [7, 11) is 1.75. The van der Waals surface area contributed by atoms with Crippen molar-refractivity contribution in [2.75, 3.05) is 25.5 Å². The lowest BCUT2D eigenvalue weighted by molar-refractivity contribution is -0.0587. The van der Waals surface area contributed by atoms with Crippen LogP contribution in [0, 0.1) is 0 Å². The van der Waals surface area contributed by atoms with Gasteiger partial charge in [-0.25, -0.2) is 4.98 Å². The van der Waals surface area contributed by atoms with Crippen molar-refractivity contribution < 1.29 is 9.53 Å². The van der Waals surface area contributed by atoms with Gasteiger partial charge in [0.25, 0.3) is 5.91 Å². The second-order valence-corrected chi connectivity index (χ2v) is 5.15. The van der Waals surface area contributed by atoms with Crippen LogP contribution in [-0.4, -0.2) is 48.1 Å². The van der Waals surface area contributed by atoms with Crippen molar-refractivity contribution >= 4 is 23.3 Å². The third kappa shape index (κ3) is 3.16. The molecule has 2 heterocycles. The maximum atomic E-state index is 12.5. The lowest BCUT2D eigenvalue weighted by Crippen LogP contribution is -2.48. The Bertz CT molecular complexity index is 471. The number of halogens is 1. The first-order valence-corrected chi connectivity index (χ1v) is 6.68. The van der Waals surface area contributed by atoms with Crippen LogP contribution in [0.5, 0.6) is 0 Å². The van der Waals surface area contributed by atoms with Gasteiger partial charge in [-0.2, -0.15) is 0 Å². The van der Waals surface area contributed by atoms with Crippen LogP contribution in [0.1, 0.15) is 24.3 Å². The molecule has 0 saturated carbocycles. The number of amides is 1. The monoisotopic (exact) mass is 283 g/mol. The molecule has 1 aliphatic rings. The lowest BCUT2D eigenvalue weighted by Gasteiger charge is -2.35. The van der Waals surface area contributed by atoms with Crippen molar-refractivity contribution in [3.63, 3.8) is 0 Å². The molecule has 104 valence electrons. The molecule has 0 aromatic carbocycles. The fraction of sp³-hybridized carbons (Fsp3) is 0.538. The molecule has 1 N–H and O–H groups in total. The van der Waals surface area contributed by atoms with Crippen LogP contribution in [0.15, 0.2) is 12.1 Å². The van der Waals surface area contributed by atoms with E-state index in [9.17, 15) is 4.79 Å². The highest BCUT2D eigenvalue weighted by molar-refractivity contribution is 6.33. The summed E-state index contributed by atoms with van der Waals surface area (Å²) in [5.41, 5.74) is 0.287. The smallest absolute Gasteiger partial charge is 0.274 e. The van der Waals surface area contributed by atoms with Crippen LogP contribution in [0.2, 0.25) is 5.02 Å². The third-order valence-corrected chi connectivity index (χ3v) is 3.32. The molecule has 0 spiro atoms. The van der Waals surface area contributed by atoms with E-state index in [1.165, 1.54) is 0 Å². The van der Waals surface area contributed by atoms with Crippen LogP contribution in [0.25, 0.3) is 0 Å². The number of pyridine rings is 1. The zero-order valence-electron chi connectivity index (χ0n) is 11.3. The van der Waals surface area contributed by atoms with Crippen LogP contribution >= 0.6 is 11.6 Å². The fourth-order valence-electron chi connectivity index (χ4n) is 2.22. The molecule has 0 radical (unpaired) electrons. The molecule has 1 saturated heterocycles. The summed E-state index contributed by atoms with van der Waals surface area (Å²) >= 11 is 6.07. The van der Waals surface area contributed by atoms with Crippen LogP contribution < -0.4 is 5.32 Å². The Morgan fingerprint density at radius 2 is 2.05 bits per heavy atom. The summed E-state index contributed by atoms with van der Waals surface area (Å²) in [6.07, 6.45) is 0.0536. The number of ether oxygens (including phenoxy) is 1. The van der Waals surface area contributed by atoms with Crippen molar-refractivity contribution in [2.24, 2.45) is 0 Å². The summed E-state index contributed by atoms with van der Waals surface area (Å²) < 4.78 is 5.62. The average Bonchev–Trinajstić information content (AvgIpc) is 2.37. The molecule has 2 unspecified atom stereocenters. The van der Waals surface area contributed by atoms with E-state index in [1.807, 2.05) is 13.8 Å². The summed E-state index contributed by atoms with van der Waals surface area (Å²) in [4.78, 5) is 18.5. The van der Waals surface area contributed by atoms with Gasteiger partial charge >= 0.3 is 0 Å². The van der Waals surface area contributed by atoms with Gasteiger partial charge in [-0.05, 0) is 26.0 Å². The number of hydrogen-bond donors (Lipinski definition) is 1. The number of anilines is 1. The first kappa shape index (κ1) is 14.1. The second kappa shape index (κ2) is 5.75. The number of nitrogens with zero attached hydrogens (tertiary/aromatic N) is 2. The number of carbonyl (C=O) groups is 1. The Morgan fingerprint density at radius 3 is 2.63 bits per heavy atom. The minimum Gasteiger partial charge on any atom is -0.373 e. The Balaban J connectivity index is 2.23. The highest BCUT2D eigenvalue weighted by Gasteiger charge is 2.28. The quantitative estimate of drug-likeness (QED) is 0.902. The third-order valence-electron chi connectivity index (χ3n) is 3.01. The maximum Gasteiger partial charge on any atom is 0.274 e. The number of aromatic nitrogens is 1. The first-order chi connectivity index (χ1) is 9.01. The number of morpholine rings is 1. The Hall–Kier alpha value is -1.33. The van der Waals surface area contributed by atoms with E-state index in [0.29, 0.717) is 23.9 Å². The van der Waals surface area contributed by atoms with Crippen LogP contribution in [-0.2, 0) is 4.74 Å². The number of rotatable bonds is 2. The molecule has 2 atom stereocenters. The fourth-order valence-corrected chi connectivity index (χ4v) is 2.41. The molecular formula is C13H18ClN3O2. The molecule has 0 aliphatic carbocycles. The predicted molar refractivity (Wildman–Crippen MR) is 74.7 cm³/mol. The van der Waals surface area contributed by atoms with Gasteiger partial charge in [-0.3, -0.25) is 4.79 Å². The zero-order valence-corrected chi connectivity index (χ0v) is 12.1. The van der Waals surface area contributed by atoms with E-state index < -0.39 is 0 Å². The van der Waals surface area contributed by atoms with Gasteiger partial charge in [0.15, 0.2) is 0 Å². The standard InChI is InChI=1S/C13H18ClN3O2/c1-8-6-17(7-9(2)19-8)13(18)12-10(14)4-5-11(15-3)16-12/h4-5,8-9H,6-7H2,1-3H3,(H,15,16). The summed E-state index contributed by atoms with van der Waals surface area (Å²) in [6.45, 7) is 5.03. The zero-order chi connectivity index (χ0) is 14.0. The molecular weight excluding hydrogens is 266 g/mol. The van der Waals surface area contributed by atoms with Crippen molar-refractivity contribution in [2.45, 2.75) is 26.1 Å². The minimum absolute atomic E-state index is 0.0268. The average molecular weight is 284 g/mol. The van der Waals surface area contributed by atoms with Gasteiger partial charge in [0.2, 0.25) is 0 Å². The van der Waals surface area contributed by atoms with E-state index >= 15 is 0 Å². The topological polar surface area (TPSA) is 54.5 Å². The number of nitrogens with one attached hydrogen (secondary N) is 1. The molecule has 1 amide bonds. The van der Waals surface area contributed by atoms with Crippen molar-refractivity contribution in [1.29, 1.82) is 0 Å². The lowest BCUT2D eigenvalue weighted by atomic mass is 10.2. The maximum absolute atomic E-state index is 12.5. The van der Waals surface area contributed by atoms with Crippen molar-refractivity contribution in [3.8, 4) is 0 Å². The minimum atomic E-state index is -0.149. The molecule has 19 heavy (non-hydrogen) atoms. The van der Waals surface area contributed by atoms with Gasteiger partial charge < -0.3 is 15.0 Å². The number of carbonyl (C=O) groups excluding carboxylic acids is 1. The first-order valence-electron chi connectivity index (χ1n) is 6.30. The van der Waals surface area contributed by atoms with E-state index in [-0.39, 0.29) is 23.8 Å². The molecule has 1 fully saturated rings. The molecule has 5 nitrogen and oxygen atoms in total. The van der Waals surface area contributed by atoms with Crippen LogP contribution in [0.4, 0.5) is 5.82 Å². The largest absolute Gasteiger partial charge is 0.373 e. The van der Waals surface area contributed by atoms with Gasteiger partial charge in [0.05, 0.1) is 17.2 Å². The second-order valence-electron chi connectivity index (χ2n) is 4.74. The summed E-state index contributed by atoms with van der Waals surface area (Å²) in [5.74, 6) is 0.478.